The van der Waals surface area contributed by atoms with Gasteiger partial charge in [0.25, 0.3) is 0 Å². The smallest absolute Gasteiger partial charge is 0.241 e. The second-order valence-electron chi connectivity index (χ2n) is 5.72. The lowest BCUT2D eigenvalue weighted by Crippen LogP contribution is -2.45. The Morgan fingerprint density at radius 2 is 2.05 bits per heavy atom. The maximum Gasteiger partial charge on any atom is 0.241 e. The van der Waals surface area contributed by atoms with E-state index in [4.69, 9.17) is 0 Å². The van der Waals surface area contributed by atoms with Crippen molar-refractivity contribution in [1.82, 2.24) is 15.2 Å². The van der Waals surface area contributed by atoms with Gasteiger partial charge >= 0.3 is 0 Å². The number of hydrogen-bond donors (Lipinski definition) is 2. The number of carbonyl (C=O) groups is 1. The summed E-state index contributed by atoms with van der Waals surface area (Å²) in [5.41, 5.74) is 2.04. The molecule has 0 aliphatic carbocycles. The first-order valence-electron chi connectivity index (χ1n) is 6.59. The molecule has 1 aromatic heterocycles. The fourth-order valence-corrected chi connectivity index (χ4v) is 2.75. The lowest BCUT2D eigenvalue weighted by atomic mass is 10.1. The first-order valence-corrected chi connectivity index (χ1v) is 6.59. The van der Waals surface area contributed by atoms with Gasteiger partial charge in [-0.25, -0.2) is 0 Å². The Bertz CT molecular complexity index is 629. The summed E-state index contributed by atoms with van der Waals surface area (Å²) in [6.07, 6.45) is 2.72. The number of nitrogens with one attached hydrogen (secondary N) is 2. The van der Waals surface area contributed by atoms with E-state index in [1.807, 2.05) is 39.2 Å². The third kappa shape index (κ3) is 1.92. The number of aromatic nitrogens is 1. The van der Waals surface area contributed by atoms with Crippen molar-refractivity contribution in [3.8, 4) is 0 Å². The summed E-state index contributed by atoms with van der Waals surface area (Å²) in [4.78, 5) is 17.3. The Balaban J connectivity index is 1.88. The number of aromatic amines is 1. The van der Waals surface area contributed by atoms with Crippen LogP contribution in [0.5, 0.6) is 0 Å². The van der Waals surface area contributed by atoms with E-state index in [1.54, 1.807) is 4.90 Å². The van der Waals surface area contributed by atoms with Crippen LogP contribution in [-0.2, 0) is 11.2 Å². The Morgan fingerprint density at radius 3 is 2.74 bits per heavy atom. The third-order valence-electron chi connectivity index (χ3n) is 4.09. The number of rotatable bonds is 2. The highest BCUT2D eigenvalue weighted by Gasteiger charge is 2.41. The number of benzene rings is 1. The van der Waals surface area contributed by atoms with Gasteiger partial charge in [-0.1, -0.05) is 18.2 Å². The highest BCUT2D eigenvalue weighted by Crippen LogP contribution is 2.24. The van der Waals surface area contributed by atoms with Gasteiger partial charge in [-0.15, -0.1) is 0 Å². The maximum atomic E-state index is 12.2. The number of likely N-dealkylation sites (N-methyl/N-ethyl adjacent to an activating group) is 1. The molecular formula is C15H19N3O. The minimum Gasteiger partial charge on any atom is -0.361 e. The van der Waals surface area contributed by atoms with E-state index in [2.05, 4.69) is 22.4 Å². The zero-order valence-electron chi connectivity index (χ0n) is 11.5. The molecule has 2 N–H and O–H groups in total. The number of amides is 1. The molecule has 0 radical (unpaired) electrons. The summed E-state index contributed by atoms with van der Waals surface area (Å²) in [5.74, 6) is 0.162. The molecule has 1 saturated heterocycles. The predicted molar refractivity (Wildman–Crippen MR) is 75.8 cm³/mol. The summed E-state index contributed by atoms with van der Waals surface area (Å²) < 4.78 is 0. The molecule has 0 saturated carbocycles. The molecule has 1 atom stereocenters. The quantitative estimate of drug-likeness (QED) is 0.863. The molecule has 2 aromatic rings. The molecule has 19 heavy (non-hydrogen) atoms. The van der Waals surface area contributed by atoms with Crippen LogP contribution in [0, 0.1) is 0 Å². The topological polar surface area (TPSA) is 48.1 Å². The standard InChI is InChI=1S/C15H19N3O/c1-15(2)17-13(14(19)18(15)3)8-10-9-16-12-7-5-4-6-11(10)12/h4-7,9,13,16-17H,8H2,1-3H3. The zero-order valence-corrected chi connectivity index (χ0v) is 11.5. The molecule has 3 rings (SSSR count). The number of fused-ring (bicyclic) bond motifs is 1. The molecule has 1 unspecified atom stereocenters. The summed E-state index contributed by atoms with van der Waals surface area (Å²) >= 11 is 0. The van der Waals surface area contributed by atoms with Crippen molar-refractivity contribution in [2.45, 2.75) is 32.0 Å². The molecule has 1 amide bonds. The van der Waals surface area contributed by atoms with Crippen molar-refractivity contribution < 1.29 is 4.79 Å². The highest BCUT2D eigenvalue weighted by atomic mass is 16.2. The fourth-order valence-electron chi connectivity index (χ4n) is 2.75. The largest absolute Gasteiger partial charge is 0.361 e. The van der Waals surface area contributed by atoms with Crippen LogP contribution in [0.1, 0.15) is 19.4 Å². The normalized spacial score (nSPS) is 22.4. The Labute approximate surface area is 112 Å². The lowest BCUT2D eigenvalue weighted by molar-refractivity contribution is -0.129. The lowest BCUT2D eigenvalue weighted by Gasteiger charge is -2.27. The number of para-hydroxylation sites is 1. The van der Waals surface area contributed by atoms with Crippen molar-refractivity contribution in [2.75, 3.05) is 7.05 Å². The molecule has 100 valence electrons. The Kier molecular flexibility index (Phi) is 2.64. The van der Waals surface area contributed by atoms with Gasteiger partial charge in [0.05, 0.1) is 11.7 Å². The van der Waals surface area contributed by atoms with Crippen LogP contribution >= 0.6 is 0 Å². The summed E-state index contributed by atoms with van der Waals surface area (Å²) in [7, 11) is 1.85. The molecule has 4 nitrogen and oxygen atoms in total. The first kappa shape index (κ1) is 12.2. The van der Waals surface area contributed by atoms with Crippen LogP contribution in [0.3, 0.4) is 0 Å². The number of carbonyl (C=O) groups excluding carboxylic acids is 1. The van der Waals surface area contributed by atoms with E-state index in [-0.39, 0.29) is 17.6 Å². The van der Waals surface area contributed by atoms with E-state index in [1.165, 1.54) is 10.9 Å². The second-order valence-corrected chi connectivity index (χ2v) is 5.72. The summed E-state index contributed by atoms with van der Waals surface area (Å²) in [5, 5.41) is 4.59. The van der Waals surface area contributed by atoms with Crippen molar-refractivity contribution in [3.05, 3.63) is 36.0 Å². The van der Waals surface area contributed by atoms with E-state index in [0.29, 0.717) is 0 Å². The van der Waals surface area contributed by atoms with Crippen molar-refractivity contribution in [1.29, 1.82) is 0 Å². The number of H-pyrrole nitrogens is 1. The minimum atomic E-state index is -0.270. The first-order chi connectivity index (χ1) is 8.99. The molecule has 1 aliphatic rings. The van der Waals surface area contributed by atoms with Gasteiger partial charge in [0.2, 0.25) is 5.91 Å². The van der Waals surface area contributed by atoms with Crippen LogP contribution in [0.25, 0.3) is 10.9 Å². The van der Waals surface area contributed by atoms with Crippen molar-refractivity contribution >= 4 is 16.8 Å². The van der Waals surface area contributed by atoms with E-state index in [0.717, 1.165) is 11.9 Å². The molecular weight excluding hydrogens is 238 g/mol. The molecule has 0 spiro atoms. The number of nitrogens with zero attached hydrogens (tertiary/aromatic N) is 1. The molecule has 1 aliphatic heterocycles. The second kappa shape index (κ2) is 4.10. The van der Waals surface area contributed by atoms with Gasteiger partial charge < -0.3 is 9.88 Å². The third-order valence-corrected chi connectivity index (χ3v) is 4.09. The minimum absolute atomic E-state index is 0.140. The summed E-state index contributed by atoms with van der Waals surface area (Å²) in [6, 6.07) is 8.05. The van der Waals surface area contributed by atoms with Crippen molar-refractivity contribution in [3.63, 3.8) is 0 Å². The average molecular weight is 257 g/mol. The van der Waals surface area contributed by atoms with Gasteiger partial charge in [0.15, 0.2) is 0 Å². The van der Waals surface area contributed by atoms with Crippen LogP contribution < -0.4 is 5.32 Å². The summed E-state index contributed by atoms with van der Waals surface area (Å²) in [6.45, 7) is 4.06. The van der Waals surface area contributed by atoms with Gasteiger partial charge in [0, 0.05) is 24.1 Å². The van der Waals surface area contributed by atoms with Gasteiger partial charge in [-0.05, 0) is 31.9 Å². The fraction of sp³-hybridized carbons (Fsp3) is 0.400. The van der Waals surface area contributed by atoms with Crippen LogP contribution in [0.4, 0.5) is 0 Å². The Hall–Kier alpha value is -1.81. The van der Waals surface area contributed by atoms with Gasteiger partial charge in [-0.3, -0.25) is 10.1 Å². The monoisotopic (exact) mass is 257 g/mol. The molecule has 1 fully saturated rings. The van der Waals surface area contributed by atoms with Crippen LogP contribution in [0.2, 0.25) is 0 Å². The molecule has 1 aromatic carbocycles. The van der Waals surface area contributed by atoms with Gasteiger partial charge in [-0.2, -0.15) is 0 Å². The maximum absolute atomic E-state index is 12.2. The SMILES string of the molecule is CN1C(=O)C(Cc2c[nH]c3ccccc23)NC1(C)C. The zero-order chi connectivity index (χ0) is 13.6. The molecule has 0 bridgehead atoms. The van der Waals surface area contributed by atoms with E-state index in [9.17, 15) is 4.79 Å². The molecule has 2 heterocycles. The number of hydrogen-bond acceptors (Lipinski definition) is 2. The average Bonchev–Trinajstić information content (AvgIpc) is 2.87. The highest BCUT2D eigenvalue weighted by molar-refractivity contribution is 5.87. The van der Waals surface area contributed by atoms with Crippen LogP contribution in [0.15, 0.2) is 30.5 Å². The molecule has 4 heteroatoms. The van der Waals surface area contributed by atoms with E-state index < -0.39 is 0 Å². The van der Waals surface area contributed by atoms with Crippen molar-refractivity contribution in [2.24, 2.45) is 0 Å². The Morgan fingerprint density at radius 1 is 1.32 bits per heavy atom. The van der Waals surface area contributed by atoms with Gasteiger partial charge in [0.1, 0.15) is 0 Å². The predicted octanol–water partition coefficient (Wildman–Crippen LogP) is 1.88. The van der Waals surface area contributed by atoms with E-state index >= 15 is 0 Å². The van der Waals surface area contributed by atoms with Crippen LogP contribution in [-0.4, -0.2) is 34.5 Å².